The molecule has 0 spiro atoms. The monoisotopic (exact) mass is 404 g/mol. The number of nitrogens with one attached hydrogen (secondary N) is 2. The van der Waals surface area contributed by atoms with Gasteiger partial charge in [-0.2, -0.15) is 0 Å². The number of benzene rings is 2. The zero-order valence-electron chi connectivity index (χ0n) is 15.9. The molecule has 0 atom stereocenters. The number of pyridine rings is 1. The maximum absolute atomic E-state index is 12.4. The molecule has 1 aromatic heterocycles. The fourth-order valence-electron chi connectivity index (χ4n) is 3.09. The number of thioether (sulfide) groups is 1. The average Bonchev–Trinajstić information content (AvgIpc) is 2.73. The van der Waals surface area contributed by atoms with Gasteiger partial charge in [0.25, 0.3) is 0 Å². The van der Waals surface area contributed by atoms with Crippen molar-refractivity contribution in [3.63, 3.8) is 0 Å². The Kier molecular flexibility index (Phi) is 5.48. The van der Waals surface area contributed by atoms with Crippen molar-refractivity contribution in [3.05, 3.63) is 78.1 Å². The Balaban J connectivity index is 1.38. The molecule has 0 saturated heterocycles. The highest BCUT2D eigenvalue weighted by molar-refractivity contribution is 8.00. The van der Waals surface area contributed by atoms with Gasteiger partial charge in [0.05, 0.1) is 11.4 Å². The van der Waals surface area contributed by atoms with Crippen molar-refractivity contribution in [2.75, 3.05) is 28.3 Å². The molecule has 0 aliphatic carbocycles. The summed E-state index contributed by atoms with van der Waals surface area (Å²) in [5.74, 6) is 0.490. The Morgan fingerprint density at radius 1 is 1.00 bits per heavy atom. The van der Waals surface area contributed by atoms with Crippen LogP contribution in [0.15, 0.2) is 71.9 Å². The summed E-state index contributed by atoms with van der Waals surface area (Å²) in [4.78, 5) is 30.9. The first-order valence-electron chi connectivity index (χ1n) is 9.18. The van der Waals surface area contributed by atoms with Gasteiger partial charge in [-0.05, 0) is 60.0 Å². The van der Waals surface area contributed by atoms with Crippen molar-refractivity contribution >= 4 is 40.8 Å². The number of carbonyl (C=O) groups is 2. The minimum Gasteiger partial charge on any atom is -0.314 e. The van der Waals surface area contributed by atoms with Gasteiger partial charge in [-0.3, -0.25) is 9.78 Å². The highest BCUT2D eigenvalue weighted by Crippen LogP contribution is 2.36. The quantitative estimate of drug-likeness (QED) is 0.677. The van der Waals surface area contributed by atoms with Gasteiger partial charge in [-0.1, -0.05) is 12.1 Å². The number of fused-ring (bicyclic) bond motifs is 1. The van der Waals surface area contributed by atoms with E-state index >= 15 is 0 Å². The zero-order valence-corrected chi connectivity index (χ0v) is 16.7. The van der Waals surface area contributed by atoms with Crippen LogP contribution in [-0.4, -0.2) is 29.7 Å². The lowest BCUT2D eigenvalue weighted by Crippen LogP contribution is -2.31. The van der Waals surface area contributed by atoms with E-state index in [1.807, 2.05) is 54.6 Å². The van der Waals surface area contributed by atoms with Crippen molar-refractivity contribution < 1.29 is 9.59 Å². The maximum Gasteiger partial charge on any atom is 0.323 e. The average molecular weight is 404 g/mol. The summed E-state index contributed by atoms with van der Waals surface area (Å²) in [6.45, 7) is 0. The van der Waals surface area contributed by atoms with Crippen LogP contribution >= 0.6 is 11.8 Å². The highest BCUT2D eigenvalue weighted by Gasteiger charge is 2.21. The van der Waals surface area contributed by atoms with Gasteiger partial charge in [0, 0.05) is 35.7 Å². The van der Waals surface area contributed by atoms with Crippen molar-refractivity contribution in [1.29, 1.82) is 0 Å². The molecule has 4 rings (SSSR count). The lowest BCUT2D eigenvalue weighted by molar-refractivity contribution is -0.116. The van der Waals surface area contributed by atoms with E-state index < -0.39 is 0 Å². The minimum atomic E-state index is -0.329. The van der Waals surface area contributed by atoms with Crippen LogP contribution in [0.4, 0.5) is 21.9 Å². The Morgan fingerprint density at radius 3 is 2.41 bits per heavy atom. The topological polar surface area (TPSA) is 74.3 Å². The lowest BCUT2D eigenvalue weighted by atomic mass is 10.1. The number of hydrogen-bond donors (Lipinski definition) is 2. The number of aromatic nitrogens is 1. The van der Waals surface area contributed by atoms with Gasteiger partial charge in [-0.25, -0.2) is 4.79 Å². The van der Waals surface area contributed by atoms with Crippen LogP contribution < -0.4 is 15.5 Å². The van der Waals surface area contributed by atoms with Crippen LogP contribution in [-0.2, 0) is 11.2 Å². The van der Waals surface area contributed by atoms with Crippen molar-refractivity contribution in [1.82, 2.24) is 4.98 Å². The number of rotatable bonds is 4. The summed E-state index contributed by atoms with van der Waals surface area (Å²) in [6, 6.07) is 17.0. The van der Waals surface area contributed by atoms with E-state index in [0.717, 1.165) is 22.6 Å². The Morgan fingerprint density at radius 2 is 1.66 bits per heavy atom. The van der Waals surface area contributed by atoms with E-state index in [2.05, 4.69) is 15.6 Å². The Labute approximate surface area is 173 Å². The molecule has 7 heteroatoms. The van der Waals surface area contributed by atoms with Crippen LogP contribution in [0.1, 0.15) is 11.1 Å². The summed E-state index contributed by atoms with van der Waals surface area (Å²) in [5, 5.41) is 5.66. The van der Waals surface area contributed by atoms with E-state index in [9.17, 15) is 9.59 Å². The van der Waals surface area contributed by atoms with Crippen molar-refractivity contribution in [2.24, 2.45) is 0 Å². The van der Waals surface area contributed by atoms with Gasteiger partial charge in [-0.15, -0.1) is 11.8 Å². The molecule has 2 aromatic carbocycles. The highest BCUT2D eigenvalue weighted by atomic mass is 32.2. The van der Waals surface area contributed by atoms with Gasteiger partial charge in [0.1, 0.15) is 0 Å². The number of carbonyl (C=O) groups excluding carboxylic acids is 2. The molecular formula is C22H20N4O2S. The molecule has 0 saturated carbocycles. The molecule has 1 aliphatic rings. The Hall–Kier alpha value is -3.32. The van der Waals surface area contributed by atoms with E-state index in [1.165, 1.54) is 17.3 Å². The largest absolute Gasteiger partial charge is 0.323 e. The third kappa shape index (κ3) is 4.57. The molecule has 0 unspecified atom stereocenters. The second-order valence-electron chi connectivity index (χ2n) is 6.73. The molecule has 3 aromatic rings. The zero-order chi connectivity index (χ0) is 20.2. The summed E-state index contributed by atoms with van der Waals surface area (Å²) in [7, 11) is 1.75. The van der Waals surface area contributed by atoms with Crippen molar-refractivity contribution in [2.45, 2.75) is 11.3 Å². The van der Waals surface area contributed by atoms with E-state index in [0.29, 0.717) is 17.1 Å². The fraction of sp³-hybridized carbons (Fsp3) is 0.136. The smallest absolute Gasteiger partial charge is 0.314 e. The molecular weight excluding hydrogens is 384 g/mol. The molecule has 29 heavy (non-hydrogen) atoms. The van der Waals surface area contributed by atoms with Gasteiger partial charge < -0.3 is 15.5 Å². The van der Waals surface area contributed by atoms with Crippen LogP contribution in [0.2, 0.25) is 0 Å². The predicted molar refractivity (Wildman–Crippen MR) is 117 cm³/mol. The van der Waals surface area contributed by atoms with Crippen LogP contribution in [0, 0.1) is 0 Å². The van der Waals surface area contributed by atoms with E-state index in [-0.39, 0.29) is 11.9 Å². The van der Waals surface area contributed by atoms with Crippen LogP contribution in [0.5, 0.6) is 0 Å². The summed E-state index contributed by atoms with van der Waals surface area (Å²) < 4.78 is 0. The number of hydrogen-bond acceptors (Lipinski definition) is 4. The summed E-state index contributed by atoms with van der Waals surface area (Å²) in [5.41, 5.74) is 4.50. The number of urea groups is 1. The minimum absolute atomic E-state index is 0.0518. The molecule has 2 heterocycles. The van der Waals surface area contributed by atoms with Gasteiger partial charge in [0.2, 0.25) is 5.91 Å². The second kappa shape index (κ2) is 8.36. The normalized spacial score (nSPS) is 13.0. The fourth-order valence-corrected chi connectivity index (χ4v) is 4.07. The summed E-state index contributed by atoms with van der Waals surface area (Å²) >= 11 is 1.51. The maximum atomic E-state index is 12.4. The first-order chi connectivity index (χ1) is 14.1. The number of amides is 3. The SMILES string of the molecule is CN1C(=O)CSc2ccc(NC(=O)Nc3ccc(Cc4ccncc4)cc3)cc21. The molecule has 0 radical (unpaired) electrons. The molecule has 1 aliphatic heterocycles. The molecule has 0 fully saturated rings. The van der Waals surface area contributed by atoms with Crippen LogP contribution in [0.3, 0.4) is 0 Å². The number of nitrogens with zero attached hydrogens (tertiary/aromatic N) is 2. The second-order valence-corrected chi connectivity index (χ2v) is 7.75. The molecule has 0 bridgehead atoms. The van der Waals surface area contributed by atoms with Gasteiger partial charge >= 0.3 is 6.03 Å². The van der Waals surface area contributed by atoms with Crippen molar-refractivity contribution in [3.8, 4) is 0 Å². The van der Waals surface area contributed by atoms with E-state index in [4.69, 9.17) is 0 Å². The van der Waals surface area contributed by atoms with Gasteiger partial charge in [0.15, 0.2) is 0 Å². The lowest BCUT2D eigenvalue weighted by Gasteiger charge is -2.25. The van der Waals surface area contributed by atoms with Crippen LogP contribution in [0.25, 0.3) is 0 Å². The first-order valence-corrected chi connectivity index (χ1v) is 10.2. The number of anilines is 3. The summed E-state index contributed by atoms with van der Waals surface area (Å²) in [6.07, 6.45) is 4.37. The first kappa shape index (κ1) is 19.0. The molecule has 146 valence electrons. The molecule has 3 amide bonds. The standard InChI is InChI=1S/C22H20N4O2S/c1-26-19-13-18(6-7-20(19)29-14-21(26)27)25-22(28)24-17-4-2-15(3-5-17)12-16-8-10-23-11-9-16/h2-11,13H,12,14H2,1H3,(H2,24,25,28). The predicted octanol–water partition coefficient (Wildman–Crippen LogP) is 4.38. The third-order valence-corrected chi connectivity index (χ3v) is 5.72. The molecule has 6 nitrogen and oxygen atoms in total. The Bertz CT molecular complexity index is 1040. The molecule has 2 N–H and O–H groups in total. The third-order valence-electron chi connectivity index (χ3n) is 4.67. The van der Waals surface area contributed by atoms with E-state index in [1.54, 1.807) is 24.3 Å².